The largest absolute Gasteiger partial charge is 0.369 e. The van der Waals surface area contributed by atoms with E-state index in [1.807, 2.05) is 30.3 Å². The Morgan fingerprint density at radius 3 is 2.49 bits per heavy atom. The fraction of sp³-hybridized carbons (Fsp3) is 0.400. The number of rotatable bonds is 9. The van der Waals surface area contributed by atoms with E-state index in [0.29, 0.717) is 38.5 Å². The Balaban J connectivity index is 1.44. The minimum atomic E-state index is -3.72. The predicted molar refractivity (Wildman–Crippen MR) is 136 cm³/mol. The third-order valence-electron chi connectivity index (χ3n) is 6.05. The lowest BCUT2D eigenvalue weighted by Gasteiger charge is -2.33. The van der Waals surface area contributed by atoms with Crippen LogP contribution in [0.2, 0.25) is 0 Å². The van der Waals surface area contributed by atoms with E-state index in [0.717, 1.165) is 36.2 Å². The minimum Gasteiger partial charge on any atom is -0.369 e. The number of para-hydroxylation sites is 1. The Morgan fingerprint density at radius 2 is 1.74 bits per heavy atom. The molecule has 9 nitrogen and oxygen atoms in total. The summed E-state index contributed by atoms with van der Waals surface area (Å²) >= 11 is 0. The van der Waals surface area contributed by atoms with Gasteiger partial charge in [-0.2, -0.15) is 9.57 Å². The standard InChI is InChI=1S/C25H31N7O2S/c1-30(2)13-7-12-27-25-21-9-4-5-10-22(21)28-24(29-25)19-31-14-16-32(17-15-31)35(33,34)23-11-6-3-8-20(23)18-26/h3-6,8-11H,7,12-17,19H2,1-2H3,(H,27,28,29). The lowest BCUT2D eigenvalue weighted by Crippen LogP contribution is -2.48. The molecule has 0 amide bonds. The molecule has 35 heavy (non-hydrogen) atoms. The van der Waals surface area contributed by atoms with Crippen molar-refractivity contribution in [3.63, 3.8) is 0 Å². The number of nitrogens with zero attached hydrogens (tertiary/aromatic N) is 6. The Labute approximate surface area is 207 Å². The second-order valence-corrected chi connectivity index (χ2v) is 10.8. The number of nitrogens with one attached hydrogen (secondary N) is 1. The summed E-state index contributed by atoms with van der Waals surface area (Å²) in [6.45, 7) is 4.19. The lowest BCUT2D eigenvalue weighted by atomic mass is 10.2. The highest BCUT2D eigenvalue weighted by Gasteiger charge is 2.30. The fourth-order valence-electron chi connectivity index (χ4n) is 4.18. The van der Waals surface area contributed by atoms with Gasteiger partial charge in [0.15, 0.2) is 0 Å². The van der Waals surface area contributed by atoms with Gasteiger partial charge < -0.3 is 10.2 Å². The van der Waals surface area contributed by atoms with E-state index in [4.69, 9.17) is 9.97 Å². The Morgan fingerprint density at radius 1 is 1.03 bits per heavy atom. The molecule has 1 fully saturated rings. The van der Waals surface area contributed by atoms with Crippen molar-refractivity contribution >= 4 is 26.7 Å². The molecule has 0 radical (unpaired) electrons. The number of fused-ring (bicyclic) bond motifs is 1. The molecule has 2 heterocycles. The van der Waals surface area contributed by atoms with Crippen molar-refractivity contribution in [2.24, 2.45) is 0 Å². The van der Waals surface area contributed by atoms with Crippen LogP contribution in [0.5, 0.6) is 0 Å². The van der Waals surface area contributed by atoms with Crippen LogP contribution in [0.1, 0.15) is 17.8 Å². The van der Waals surface area contributed by atoms with Gasteiger partial charge in [0.25, 0.3) is 0 Å². The zero-order valence-electron chi connectivity index (χ0n) is 20.2. The van der Waals surface area contributed by atoms with Crippen molar-refractivity contribution in [1.29, 1.82) is 5.26 Å². The summed E-state index contributed by atoms with van der Waals surface area (Å²) in [5, 5.41) is 13.8. The van der Waals surface area contributed by atoms with Gasteiger partial charge in [-0.15, -0.1) is 0 Å². The smallest absolute Gasteiger partial charge is 0.244 e. The molecular formula is C25H31N7O2S. The van der Waals surface area contributed by atoms with Gasteiger partial charge in [0.1, 0.15) is 17.7 Å². The molecule has 0 saturated carbocycles. The molecule has 0 spiro atoms. The molecule has 1 N–H and O–H groups in total. The molecule has 4 rings (SSSR count). The first kappa shape index (κ1) is 25.0. The summed E-state index contributed by atoms with van der Waals surface area (Å²) in [5.41, 5.74) is 1.06. The van der Waals surface area contributed by atoms with E-state index in [-0.39, 0.29) is 10.5 Å². The molecule has 1 saturated heterocycles. The highest BCUT2D eigenvalue weighted by atomic mass is 32.2. The zero-order valence-corrected chi connectivity index (χ0v) is 21.0. The quantitative estimate of drug-likeness (QED) is 0.453. The van der Waals surface area contributed by atoms with Crippen molar-refractivity contribution < 1.29 is 8.42 Å². The summed E-state index contributed by atoms with van der Waals surface area (Å²) in [6, 6.07) is 16.3. The summed E-state index contributed by atoms with van der Waals surface area (Å²) in [6.07, 6.45) is 1.01. The van der Waals surface area contributed by atoms with Crippen molar-refractivity contribution in [3.05, 3.63) is 59.9 Å². The van der Waals surface area contributed by atoms with Crippen LogP contribution in [0.4, 0.5) is 5.82 Å². The van der Waals surface area contributed by atoms with E-state index in [1.165, 1.54) is 16.4 Å². The number of piperazine rings is 1. The Hall–Kier alpha value is -3.10. The van der Waals surface area contributed by atoms with Gasteiger partial charge in [0.05, 0.1) is 22.5 Å². The first-order valence-electron chi connectivity index (χ1n) is 11.7. The maximum Gasteiger partial charge on any atom is 0.244 e. The zero-order chi connectivity index (χ0) is 24.8. The number of nitriles is 1. The summed E-state index contributed by atoms with van der Waals surface area (Å²) < 4.78 is 27.7. The molecule has 0 aliphatic carbocycles. The number of hydrogen-bond acceptors (Lipinski definition) is 8. The highest BCUT2D eigenvalue weighted by molar-refractivity contribution is 7.89. The van der Waals surface area contributed by atoms with Gasteiger partial charge in [-0.05, 0) is 51.3 Å². The number of anilines is 1. The van der Waals surface area contributed by atoms with Crippen LogP contribution in [0.3, 0.4) is 0 Å². The Bertz CT molecular complexity index is 1310. The van der Waals surface area contributed by atoms with Crippen LogP contribution in [-0.4, -0.2) is 85.9 Å². The van der Waals surface area contributed by atoms with Crippen molar-refractivity contribution in [2.75, 3.05) is 58.7 Å². The predicted octanol–water partition coefficient (Wildman–Crippen LogP) is 2.37. The second-order valence-electron chi connectivity index (χ2n) is 8.88. The van der Waals surface area contributed by atoms with Crippen molar-refractivity contribution in [3.8, 4) is 6.07 Å². The number of sulfonamides is 1. The van der Waals surface area contributed by atoms with Gasteiger partial charge in [-0.25, -0.2) is 18.4 Å². The molecule has 10 heteroatoms. The van der Waals surface area contributed by atoms with E-state index in [1.54, 1.807) is 12.1 Å². The monoisotopic (exact) mass is 493 g/mol. The maximum atomic E-state index is 13.1. The van der Waals surface area contributed by atoms with Crippen LogP contribution in [-0.2, 0) is 16.6 Å². The van der Waals surface area contributed by atoms with Crippen LogP contribution < -0.4 is 5.32 Å². The summed E-state index contributed by atoms with van der Waals surface area (Å²) in [4.78, 5) is 14.0. The molecule has 3 aromatic rings. The molecule has 1 aromatic heterocycles. The molecule has 0 atom stereocenters. The van der Waals surface area contributed by atoms with Gasteiger partial charge >= 0.3 is 0 Å². The van der Waals surface area contributed by atoms with E-state index < -0.39 is 10.0 Å². The molecule has 0 bridgehead atoms. The van der Waals surface area contributed by atoms with E-state index >= 15 is 0 Å². The Kier molecular flexibility index (Phi) is 7.93. The van der Waals surface area contributed by atoms with Crippen LogP contribution >= 0.6 is 0 Å². The molecule has 1 aliphatic heterocycles. The molecule has 0 unspecified atom stereocenters. The lowest BCUT2D eigenvalue weighted by molar-refractivity contribution is 0.178. The minimum absolute atomic E-state index is 0.0683. The van der Waals surface area contributed by atoms with Crippen LogP contribution in [0.15, 0.2) is 53.4 Å². The first-order valence-corrected chi connectivity index (χ1v) is 13.2. The highest BCUT2D eigenvalue weighted by Crippen LogP contribution is 2.23. The van der Waals surface area contributed by atoms with Gasteiger partial charge in [-0.3, -0.25) is 4.90 Å². The van der Waals surface area contributed by atoms with Crippen LogP contribution in [0, 0.1) is 11.3 Å². The molecule has 184 valence electrons. The summed E-state index contributed by atoms with van der Waals surface area (Å²) in [5.74, 6) is 1.55. The van der Waals surface area contributed by atoms with E-state index in [2.05, 4.69) is 29.2 Å². The SMILES string of the molecule is CN(C)CCCNc1nc(CN2CCN(S(=O)(=O)c3ccccc3C#N)CC2)nc2ccccc12. The van der Waals surface area contributed by atoms with Gasteiger partial charge in [0, 0.05) is 38.1 Å². The molecular weight excluding hydrogens is 462 g/mol. The molecule has 1 aliphatic rings. The third-order valence-corrected chi connectivity index (χ3v) is 8.00. The number of benzene rings is 2. The second kappa shape index (κ2) is 11.1. The topological polar surface area (TPSA) is 105 Å². The third kappa shape index (κ3) is 5.94. The molecule has 2 aromatic carbocycles. The fourth-order valence-corrected chi connectivity index (χ4v) is 5.75. The van der Waals surface area contributed by atoms with Gasteiger partial charge in [0.2, 0.25) is 10.0 Å². The summed E-state index contributed by atoms with van der Waals surface area (Å²) in [7, 11) is 0.406. The van der Waals surface area contributed by atoms with E-state index in [9.17, 15) is 13.7 Å². The average molecular weight is 494 g/mol. The number of hydrogen-bond donors (Lipinski definition) is 1. The normalized spacial score (nSPS) is 15.4. The van der Waals surface area contributed by atoms with Gasteiger partial charge in [-0.1, -0.05) is 24.3 Å². The average Bonchev–Trinajstić information content (AvgIpc) is 2.86. The van der Waals surface area contributed by atoms with Crippen LogP contribution in [0.25, 0.3) is 10.9 Å². The first-order chi connectivity index (χ1) is 16.9. The van der Waals surface area contributed by atoms with Crippen molar-refractivity contribution in [2.45, 2.75) is 17.9 Å². The maximum absolute atomic E-state index is 13.1. The number of aromatic nitrogens is 2. The van der Waals surface area contributed by atoms with Crippen molar-refractivity contribution in [1.82, 2.24) is 24.1 Å².